The van der Waals surface area contributed by atoms with E-state index in [1.807, 2.05) is 42.2 Å². The van der Waals surface area contributed by atoms with Gasteiger partial charge in [-0.2, -0.15) is 0 Å². The van der Waals surface area contributed by atoms with E-state index < -0.39 is 5.97 Å². The average Bonchev–Trinajstić information content (AvgIpc) is 2.89. The van der Waals surface area contributed by atoms with Crippen molar-refractivity contribution < 1.29 is 14.6 Å². The van der Waals surface area contributed by atoms with Gasteiger partial charge in [0.05, 0.1) is 24.1 Å². The summed E-state index contributed by atoms with van der Waals surface area (Å²) in [5.41, 5.74) is 1.81. The second-order valence-electron chi connectivity index (χ2n) is 9.62. The third-order valence-electron chi connectivity index (χ3n) is 7.23. The van der Waals surface area contributed by atoms with Gasteiger partial charge in [0.2, 0.25) is 0 Å². The molecule has 0 aliphatic carbocycles. The third-order valence-corrected chi connectivity index (χ3v) is 8.63. The zero-order valence-corrected chi connectivity index (χ0v) is 22.4. The Balaban J connectivity index is 1.31. The van der Waals surface area contributed by atoms with Crippen LogP contribution in [0.3, 0.4) is 0 Å². The van der Waals surface area contributed by atoms with Gasteiger partial charge in [-0.1, -0.05) is 11.6 Å². The van der Waals surface area contributed by atoms with Gasteiger partial charge in [0.15, 0.2) is 0 Å². The Morgan fingerprint density at radius 3 is 2.78 bits per heavy atom. The lowest BCUT2D eigenvalue weighted by Gasteiger charge is -2.41. The molecule has 2 aromatic heterocycles. The molecule has 1 N–H and O–H groups in total. The summed E-state index contributed by atoms with van der Waals surface area (Å²) < 4.78 is 5.40. The standard InChI is InChI=1S/C28H34ClN3O3S/c1-35-21-7-8-26-24(17-21)23(25(29)20-31-26)6-2-9-28(18-27(33)34)10-14-32(15-11-28)13-4-16-36-22-5-3-12-30-19-22/h3,5,7-8,12,17,19-20H,2,4,6,9-11,13-16,18H2,1H3,(H,33,34). The number of benzene rings is 1. The molecule has 6 nitrogen and oxygen atoms in total. The van der Waals surface area contributed by atoms with Crippen molar-refractivity contribution in [2.24, 2.45) is 5.41 Å². The fourth-order valence-electron chi connectivity index (χ4n) is 5.22. The number of thioether (sulfide) groups is 1. The van der Waals surface area contributed by atoms with Crippen LogP contribution < -0.4 is 4.74 Å². The van der Waals surface area contributed by atoms with Crippen LogP contribution in [-0.2, 0) is 11.2 Å². The Bertz CT molecular complexity index is 1150. The Morgan fingerprint density at radius 1 is 1.22 bits per heavy atom. The van der Waals surface area contributed by atoms with Gasteiger partial charge in [-0.05, 0) is 105 Å². The molecule has 0 spiro atoms. The van der Waals surface area contributed by atoms with Crippen LogP contribution in [0.5, 0.6) is 5.75 Å². The lowest BCUT2D eigenvalue weighted by molar-refractivity contribution is -0.140. The van der Waals surface area contributed by atoms with E-state index in [4.69, 9.17) is 16.3 Å². The summed E-state index contributed by atoms with van der Waals surface area (Å²) in [6.07, 6.45) is 11.2. The topological polar surface area (TPSA) is 75.6 Å². The van der Waals surface area contributed by atoms with Crippen LogP contribution in [0.25, 0.3) is 10.9 Å². The monoisotopic (exact) mass is 527 g/mol. The van der Waals surface area contributed by atoms with Gasteiger partial charge < -0.3 is 14.7 Å². The molecule has 4 rings (SSSR count). The maximum Gasteiger partial charge on any atom is 0.303 e. The highest BCUT2D eigenvalue weighted by molar-refractivity contribution is 7.99. The number of likely N-dealkylation sites (tertiary alicyclic amines) is 1. The Labute approximate surface area is 222 Å². The molecular formula is C28H34ClN3O3S. The SMILES string of the molecule is COc1ccc2ncc(Cl)c(CCCC3(CC(=O)O)CCN(CCCSc4cccnc4)CC3)c2c1. The smallest absolute Gasteiger partial charge is 0.303 e. The van der Waals surface area contributed by atoms with Crippen LogP contribution in [0, 0.1) is 5.41 Å². The number of methoxy groups -OCH3 is 1. The van der Waals surface area contributed by atoms with E-state index in [2.05, 4.69) is 20.9 Å². The summed E-state index contributed by atoms with van der Waals surface area (Å²) in [7, 11) is 1.65. The van der Waals surface area contributed by atoms with Crippen molar-refractivity contribution >= 4 is 40.2 Å². The number of pyridine rings is 2. The van der Waals surface area contributed by atoms with Crippen molar-refractivity contribution in [2.45, 2.75) is 49.8 Å². The highest BCUT2D eigenvalue weighted by atomic mass is 35.5. The van der Waals surface area contributed by atoms with Gasteiger partial charge in [0.25, 0.3) is 0 Å². The maximum atomic E-state index is 11.8. The lowest BCUT2D eigenvalue weighted by atomic mass is 9.72. The van der Waals surface area contributed by atoms with E-state index in [0.717, 1.165) is 86.1 Å². The minimum absolute atomic E-state index is 0.153. The number of hydrogen-bond donors (Lipinski definition) is 1. The summed E-state index contributed by atoms with van der Waals surface area (Å²) in [6, 6.07) is 9.90. The number of aromatic nitrogens is 2. The first kappa shape index (κ1) is 26.7. The average molecular weight is 528 g/mol. The van der Waals surface area contributed by atoms with Gasteiger partial charge in [0, 0.05) is 28.9 Å². The number of carbonyl (C=O) groups is 1. The van der Waals surface area contributed by atoms with Crippen LogP contribution in [0.4, 0.5) is 0 Å². The van der Waals surface area contributed by atoms with Gasteiger partial charge in [-0.15, -0.1) is 11.8 Å². The van der Waals surface area contributed by atoms with E-state index in [9.17, 15) is 9.90 Å². The molecule has 0 amide bonds. The normalized spacial score (nSPS) is 15.7. The summed E-state index contributed by atoms with van der Waals surface area (Å²) in [5, 5.41) is 11.3. The minimum atomic E-state index is -0.701. The second-order valence-corrected chi connectivity index (χ2v) is 11.2. The molecule has 3 aromatic rings. The van der Waals surface area contributed by atoms with Crippen LogP contribution in [0.15, 0.2) is 53.8 Å². The van der Waals surface area contributed by atoms with Crippen LogP contribution in [-0.4, -0.2) is 58.4 Å². The zero-order chi connectivity index (χ0) is 25.4. The molecule has 36 heavy (non-hydrogen) atoms. The molecule has 0 radical (unpaired) electrons. The molecule has 3 heterocycles. The van der Waals surface area contributed by atoms with Crippen molar-refractivity contribution in [1.29, 1.82) is 0 Å². The summed E-state index contributed by atoms with van der Waals surface area (Å²) in [6.45, 7) is 2.97. The van der Waals surface area contributed by atoms with Crippen molar-refractivity contribution in [1.82, 2.24) is 14.9 Å². The van der Waals surface area contributed by atoms with Gasteiger partial charge >= 0.3 is 5.97 Å². The number of aryl methyl sites for hydroxylation is 1. The quantitative estimate of drug-likeness (QED) is 0.217. The highest BCUT2D eigenvalue weighted by Crippen LogP contribution is 2.41. The van der Waals surface area contributed by atoms with Crippen molar-refractivity contribution in [3.63, 3.8) is 0 Å². The zero-order valence-electron chi connectivity index (χ0n) is 20.8. The number of piperidine rings is 1. The molecule has 192 valence electrons. The number of halogens is 1. The van der Waals surface area contributed by atoms with E-state index in [1.54, 1.807) is 19.5 Å². The van der Waals surface area contributed by atoms with E-state index in [0.29, 0.717) is 5.02 Å². The van der Waals surface area contributed by atoms with E-state index >= 15 is 0 Å². The predicted molar refractivity (Wildman–Crippen MR) is 146 cm³/mol. The first-order valence-electron chi connectivity index (χ1n) is 12.6. The van der Waals surface area contributed by atoms with E-state index in [1.165, 1.54) is 4.90 Å². The molecule has 8 heteroatoms. The third kappa shape index (κ3) is 7.11. The number of hydrogen-bond acceptors (Lipinski definition) is 6. The molecule has 0 saturated carbocycles. The van der Waals surface area contributed by atoms with Crippen LogP contribution in [0.1, 0.15) is 44.1 Å². The molecule has 1 aliphatic heterocycles. The fraction of sp³-hybridized carbons (Fsp3) is 0.464. The van der Waals surface area contributed by atoms with Gasteiger partial charge in [-0.25, -0.2) is 0 Å². The number of carboxylic acid groups (broad SMARTS) is 1. The molecule has 1 aliphatic rings. The van der Waals surface area contributed by atoms with Crippen molar-refractivity contribution in [2.75, 3.05) is 32.5 Å². The van der Waals surface area contributed by atoms with Crippen molar-refractivity contribution in [3.05, 3.63) is 59.5 Å². The Morgan fingerprint density at radius 2 is 2.06 bits per heavy atom. The second kappa shape index (κ2) is 12.7. The number of nitrogens with zero attached hydrogens (tertiary/aromatic N) is 3. The first-order valence-corrected chi connectivity index (χ1v) is 13.9. The maximum absolute atomic E-state index is 11.8. The number of rotatable bonds is 12. The molecule has 0 bridgehead atoms. The molecule has 0 atom stereocenters. The first-order chi connectivity index (χ1) is 17.5. The molecular weight excluding hydrogens is 494 g/mol. The van der Waals surface area contributed by atoms with Gasteiger partial charge in [-0.3, -0.25) is 14.8 Å². The summed E-state index contributed by atoms with van der Waals surface area (Å²) in [5.74, 6) is 1.14. The number of fused-ring (bicyclic) bond motifs is 1. The van der Waals surface area contributed by atoms with Crippen LogP contribution in [0.2, 0.25) is 5.02 Å². The Kier molecular flexibility index (Phi) is 9.46. The van der Waals surface area contributed by atoms with Crippen LogP contribution >= 0.6 is 23.4 Å². The number of aliphatic carboxylic acids is 1. The minimum Gasteiger partial charge on any atom is -0.497 e. The molecule has 1 saturated heterocycles. The molecule has 0 unspecified atom stereocenters. The van der Waals surface area contributed by atoms with Gasteiger partial charge in [0.1, 0.15) is 5.75 Å². The van der Waals surface area contributed by atoms with Crippen molar-refractivity contribution in [3.8, 4) is 5.75 Å². The summed E-state index contributed by atoms with van der Waals surface area (Å²) >= 11 is 8.39. The van der Waals surface area contributed by atoms with E-state index in [-0.39, 0.29) is 11.8 Å². The predicted octanol–water partition coefficient (Wildman–Crippen LogP) is 6.35. The lowest BCUT2D eigenvalue weighted by Crippen LogP contribution is -2.41. The number of carboxylic acids is 1. The fourth-order valence-corrected chi connectivity index (χ4v) is 6.29. The number of ether oxygens (including phenoxy) is 1. The molecule has 1 fully saturated rings. The summed E-state index contributed by atoms with van der Waals surface area (Å²) in [4.78, 5) is 24.1. The molecule has 1 aromatic carbocycles. The highest BCUT2D eigenvalue weighted by Gasteiger charge is 2.36. The Hall–Kier alpha value is -2.35. The largest absolute Gasteiger partial charge is 0.497 e.